The number of aliphatic hydroxyl groups is 1. The fraction of sp³-hybridized carbons (Fsp3) is 0.462. The summed E-state index contributed by atoms with van der Waals surface area (Å²) in [6, 6.07) is 5.11. The Morgan fingerprint density at radius 3 is 2.41 bits per heavy atom. The molecule has 1 unspecified atom stereocenters. The number of hydrogen-bond donors (Lipinski definition) is 1. The second kappa shape index (κ2) is 5.19. The smallest absolute Gasteiger partial charge is 0.171 e. The number of ketones is 1. The van der Waals surface area contributed by atoms with Crippen LogP contribution in [-0.2, 0) is 4.79 Å². The lowest BCUT2D eigenvalue weighted by atomic mass is 9.85. The van der Waals surface area contributed by atoms with Crippen LogP contribution in [0.1, 0.15) is 32.4 Å². The Labute approximate surface area is 110 Å². The largest absolute Gasteiger partial charge is 0.496 e. The van der Waals surface area contributed by atoms with Crippen LogP contribution in [0.25, 0.3) is 0 Å². The van der Waals surface area contributed by atoms with Gasteiger partial charge in [0.2, 0.25) is 0 Å². The summed E-state index contributed by atoms with van der Waals surface area (Å²) in [5.41, 5.74) is 0.00355. The molecule has 0 heterocycles. The number of hydrogen-bond acceptors (Lipinski definition) is 3. The van der Waals surface area contributed by atoms with Gasteiger partial charge in [0.1, 0.15) is 11.9 Å². The first-order valence-electron chi connectivity index (χ1n) is 5.33. The lowest BCUT2D eigenvalue weighted by Crippen LogP contribution is -2.26. The average Bonchev–Trinajstić information content (AvgIpc) is 2.25. The molecule has 0 amide bonds. The summed E-state index contributed by atoms with van der Waals surface area (Å²) in [5, 5.41) is 10.0. The highest BCUT2D eigenvalue weighted by Gasteiger charge is 2.29. The summed E-state index contributed by atoms with van der Waals surface area (Å²) < 4.78 is 5.81. The van der Waals surface area contributed by atoms with Gasteiger partial charge in [-0.25, -0.2) is 0 Å². The van der Waals surface area contributed by atoms with E-state index in [1.165, 1.54) is 0 Å². The minimum atomic E-state index is -1.10. The molecular weight excluding hydrogens is 284 g/mol. The van der Waals surface area contributed by atoms with E-state index in [0.29, 0.717) is 11.3 Å². The van der Waals surface area contributed by atoms with Crippen molar-refractivity contribution in [2.75, 3.05) is 7.11 Å². The summed E-state index contributed by atoms with van der Waals surface area (Å²) in [6.07, 6.45) is -1.10. The monoisotopic (exact) mass is 300 g/mol. The van der Waals surface area contributed by atoms with Crippen LogP contribution in [0, 0.1) is 5.41 Å². The lowest BCUT2D eigenvalue weighted by molar-refractivity contribution is -0.135. The van der Waals surface area contributed by atoms with Crippen LogP contribution in [0.15, 0.2) is 22.7 Å². The van der Waals surface area contributed by atoms with Gasteiger partial charge in [0.15, 0.2) is 5.78 Å². The number of aliphatic hydroxyl groups excluding tert-OH is 1. The number of halogens is 1. The van der Waals surface area contributed by atoms with Crippen molar-refractivity contribution in [3.63, 3.8) is 0 Å². The predicted octanol–water partition coefficient (Wildman–Crippen LogP) is 3.11. The molecule has 1 rings (SSSR count). The molecule has 3 nitrogen and oxygen atoms in total. The van der Waals surface area contributed by atoms with Crippen molar-refractivity contribution in [2.24, 2.45) is 5.41 Å². The third kappa shape index (κ3) is 3.30. The van der Waals surface area contributed by atoms with Gasteiger partial charge in [0, 0.05) is 5.41 Å². The van der Waals surface area contributed by atoms with Gasteiger partial charge >= 0.3 is 0 Å². The lowest BCUT2D eigenvalue weighted by Gasteiger charge is -2.21. The van der Waals surface area contributed by atoms with Crippen LogP contribution in [0.2, 0.25) is 0 Å². The number of rotatable bonds is 3. The molecule has 0 saturated carbocycles. The molecule has 0 aliphatic rings. The van der Waals surface area contributed by atoms with E-state index in [2.05, 4.69) is 15.9 Å². The topological polar surface area (TPSA) is 46.5 Å². The van der Waals surface area contributed by atoms with Crippen molar-refractivity contribution < 1.29 is 14.6 Å². The average molecular weight is 301 g/mol. The zero-order chi connectivity index (χ0) is 13.2. The van der Waals surface area contributed by atoms with Crippen LogP contribution in [0.5, 0.6) is 5.75 Å². The number of carbonyl (C=O) groups excluding carboxylic acids is 1. The maximum absolute atomic E-state index is 11.9. The van der Waals surface area contributed by atoms with Crippen LogP contribution in [0.3, 0.4) is 0 Å². The van der Waals surface area contributed by atoms with E-state index >= 15 is 0 Å². The van der Waals surface area contributed by atoms with Crippen molar-refractivity contribution >= 4 is 21.7 Å². The number of benzene rings is 1. The van der Waals surface area contributed by atoms with Gasteiger partial charge in [0.25, 0.3) is 0 Å². The van der Waals surface area contributed by atoms with Gasteiger partial charge in [-0.1, -0.05) is 26.8 Å². The van der Waals surface area contributed by atoms with Crippen LogP contribution in [0.4, 0.5) is 0 Å². The molecule has 0 aromatic heterocycles. The Bertz CT molecular complexity index is 421. The Kier molecular flexibility index (Phi) is 4.33. The molecule has 0 aliphatic carbocycles. The van der Waals surface area contributed by atoms with Crippen molar-refractivity contribution in [3.05, 3.63) is 28.2 Å². The minimum absolute atomic E-state index is 0.199. The molecule has 0 fully saturated rings. The van der Waals surface area contributed by atoms with Gasteiger partial charge in [-0.05, 0) is 33.6 Å². The molecule has 4 heteroatoms. The van der Waals surface area contributed by atoms with Gasteiger partial charge in [-0.2, -0.15) is 0 Å². The summed E-state index contributed by atoms with van der Waals surface area (Å²) in [4.78, 5) is 11.9. The van der Waals surface area contributed by atoms with Gasteiger partial charge in [-0.15, -0.1) is 0 Å². The van der Waals surface area contributed by atoms with E-state index in [9.17, 15) is 9.90 Å². The van der Waals surface area contributed by atoms with E-state index in [0.717, 1.165) is 4.47 Å². The number of Topliss-reactive ketones (excluding diaryl/α,β-unsaturated/α-hetero) is 1. The highest BCUT2D eigenvalue weighted by Crippen LogP contribution is 2.31. The standard InChI is InChI=1S/C13H17BrO3/c1-13(2,3)12(16)11(15)8-5-6-10(17-4)9(14)7-8/h5-7,11,15H,1-4H3. The molecule has 94 valence electrons. The molecule has 0 saturated heterocycles. The molecule has 1 aromatic carbocycles. The molecule has 0 aliphatic heterocycles. The van der Waals surface area contributed by atoms with Crippen molar-refractivity contribution in [1.82, 2.24) is 0 Å². The number of ether oxygens (including phenoxy) is 1. The van der Waals surface area contributed by atoms with E-state index in [1.54, 1.807) is 46.1 Å². The second-order valence-corrected chi connectivity index (χ2v) is 5.77. The molecule has 1 atom stereocenters. The Balaban J connectivity index is 3.02. The van der Waals surface area contributed by atoms with E-state index in [1.807, 2.05) is 0 Å². The summed E-state index contributed by atoms with van der Waals surface area (Å²) in [5.74, 6) is 0.471. The highest BCUT2D eigenvalue weighted by molar-refractivity contribution is 9.10. The van der Waals surface area contributed by atoms with Crippen molar-refractivity contribution in [1.29, 1.82) is 0 Å². The third-order valence-electron chi connectivity index (χ3n) is 2.48. The quantitative estimate of drug-likeness (QED) is 0.933. The third-order valence-corrected chi connectivity index (χ3v) is 3.10. The van der Waals surface area contributed by atoms with Crippen molar-refractivity contribution in [3.8, 4) is 5.75 Å². The van der Waals surface area contributed by atoms with Crippen LogP contribution in [-0.4, -0.2) is 18.0 Å². The summed E-state index contributed by atoms with van der Waals surface area (Å²) in [7, 11) is 1.57. The first-order valence-corrected chi connectivity index (χ1v) is 6.12. The second-order valence-electron chi connectivity index (χ2n) is 4.91. The molecule has 17 heavy (non-hydrogen) atoms. The van der Waals surface area contributed by atoms with E-state index in [-0.39, 0.29) is 5.78 Å². The Hall–Kier alpha value is -0.870. The molecular formula is C13H17BrO3. The summed E-state index contributed by atoms with van der Waals surface area (Å²) in [6.45, 7) is 5.37. The van der Waals surface area contributed by atoms with Gasteiger partial charge in [0.05, 0.1) is 11.6 Å². The predicted molar refractivity (Wildman–Crippen MR) is 70.1 cm³/mol. The first-order chi connectivity index (χ1) is 7.77. The van der Waals surface area contributed by atoms with Crippen LogP contribution >= 0.6 is 15.9 Å². The fourth-order valence-corrected chi connectivity index (χ4v) is 1.97. The fourth-order valence-electron chi connectivity index (χ4n) is 1.41. The first kappa shape index (κ1) is 14.2. The highest BCUT2D eigenvalue weighted by atomic mass is 79.9. The molecule has 1 aromatic rings. The van der Waals surface area contributed by atoms with Gasteiger partial charge in [-0.3, -0.25) is 4.79 Å². The van der Waals surface area contributed by atoms with Crippen LogP contribution < -0.4 is 4.74 Å². The maximum atomic E-state index is 11.9. The number of methoxy groups -OCH3 is 1. The Morgan fingerprint density at radius 1 is 1.41 bits per heavy atom. The zero-order valence-corrected chi connectivity index (χ0v) is 12.0. The van der Waals surface area contributed by atoms with E-state index in [4.69, 9.17) is 4.74 Å². The minimum Gasteiger partial charge on any atom is -0.496 e. The molecule has 0 spiro atoms. The van der Waals surface area contributed by atoms with Crippen molar-refractivity contribution in [2.45, 2.75) is 26.9 Å². The SMILES string of the molecule is COc1ccc(C(O)C(=O)C(C)(C)C)cc1Br. The molecule has 1 N–H and O–H groups in total. The van der Waals surface area contributed by atoms with E-state index < -0.39 is 11.5 Å². The normalized spacial score (nSPS) is 13.3. The Morgan fingerprint density at radius 2 is 2.00 bits per heavy atom. The zero-order valence-electron chi connectivity index (χ0n) is 10.5. The molecule has 0 radical (unpaired) electrons. The number of carbonyl (C=O) groups is 1. The maximum Gasteiger partial charge on any atom is 0.171 e. The summed E-state index contributed by atoms with van der Waals surface area (Å²) >= 11 is 3.33. The molecule has 0 bridgehead atoms. The van der Waals surface area contributed by atoms with Gasteiger partial charge < -0.3 is 9.84 Å².